The van der Waals surface area contributed by atoms with E-state index in [9.17, 15) is 0 Å². The quantitative estimate of drug-likeness (QED) is 0.587. The SMILES string of the molecule is CCc1nc(SCc2cc3ccccc3nc2Cl)n[nH]1. The molecule has 102 valence electrons. The monoisotopic (exact) mass is 304 g/mol. The minimum atomic E-state index is 0.544. The fraction of sp³-hybridized carbons (Fsp3) is 0.214. The molecule has 0 aliphatic heterocycles. The molecule has 0 spiro atoms. The lowest BCUT2D eigenvalue weighted by atomic mass is 10.2. The number of fused-ring (bicyclic) bond motifs is 1. The summed E-state index contributed by atoms with van der Waals surface area (Å²) in [6.45, 7) is 2.04. The molecule has 0 unspecified atom stereocenters. The number of aromatic nitrogens is 4. The van der Waals surface area contributed by atoms with E-state index in [1.165, 1.54) is 0 Å². The Morgan fingerprint density at radius 1 is 1.25 bits per heavy atom. The van der Waals surface area contributed by atoms with Gasteiger partial charge in [0.05, 0.1) is 5.52 Å². The van der Waals surface area contributed by atoms with E-state index in [0.29, 0.717) is 10.9 Å². The van der Waals surface area contributed by atoms with Crippen molar-refractivity contribution in [3.05, 3.63) is 46.9 Å². The normalized spacial score (nSPS) is 11.1. The highest BCUT2D eigenvalue weighted by Crippen LogP contribution is 2.26. The van der Waals surface area contributed by atoms with E-state index >= 15 is 0 Å². The maximum absolute atomic E-state index is 6.23. The molecule has 0 amide bonds. The van der Waals surface area contributed by atoms with Crippen LogP contribution >= 0.6 is 23.4 Å². The molecule has 0 aliphatic rings. The third-order valence-electron chi connectivity index (χ3n) is 2.95. The summed E-state index contributed by atoms with van der Waals surface area (Å²) < 4.78 is 0. The number of thioether (sulfide) groups is 1. The van der Waals surface area contributed by atoms with Crippen LogP contribution in [0.1, 0.15) is 18.3 Å². The van der Waals surface area contributed by atoms with Crippen molar-refractivity contribution in [2.75, 3.05) is 0 Å². The second-order valence-corrected chi connectivity index (χ2v) is 5.64. The summed E-state index contributed by atoms with van der Waals surface area (Å²) in [6.07, 6.45) is 0.853. The van der Waals surface area contributed by atoms with Crippen LogP contribution in [0.2, 0.25) is 5.15 Å². The minimum absolute atomic E-state index is 0.544. The summed E-state index contributed by atoms with van der Waals surface area (Å²) in [5.74, 6) is 1.60. The Labute approximate surface area is 126 Å². The van der Waals surface area contributed by atoms with Gasteiger partial charge in [0.15, 0.2) is 0 Å². The first-order chi connectivity index (χ1) is 9.76. The Balaban J connectivity index is 1.81. The average Bonchev–Trinajstić information content (AvgIpc) is 2.93. The van der Waals surface area contributed by atoms with Crippen molar-refractivity contribution in [2.24, 2.45) is 0 Å². The molecular formula is C14H13ClN4S. The highest BCUT2D eigenvalue weighted by Gasteiger charge is 2.08. The molecule has 0 aliphatic carbocycles. The van der Waals surface area contributed by atoms with E-state index in [0.717, 1.165) is 33.9 Å². The van der Waals surface area contributed by atoms with E-state index < -0.39 is 0 Å². The predicted molar refractivity (Wildman–Crippen MR) is 82.1 cm³/mol. The van der Waals surface area contributed by atoms with Gasteiger partial charge in [-0.1, -0.05) is 48.5 Å². The molecule has 0 radical (unpaired) electrons. The number of pyridine rings is 1. The topological polar surface area (TPSA) is 54.5 Å². The summed E-state index contributed by atoms with van der Waals surface area (Å²) in [5.41, 5.74) is 1.91. The number of halogens is 1. The Morgan fingerprint density at radius 2 is 2.10 bits per heavy atom. The van der Waals surface area contributed by atoms with E-state index in [1.807, 2.05) is 31.2 Å². The smallest absolute Gasteiger partial charge is 0.208 e. The van der Waals surface area contributed by atoms with E-state index in [-0.39, 0.29) is 0 Å². The number of hydrogen-bond donors (Lipinski definition) is 1. The Morgan fingerprint density at radius 3 is 2.90 bits per heavy atom. The number of rotatable bonds is 4. The molecule has 3 rings (SSSR count). The van der Waals surface area contributed by atoms with Gasteiger partial charge in [-0.05, 0) is 12.1 Å². The van der Waals surface area contributed by atoms with Crippen LogP contribution in [0.5, 0.6) is 0 Å². The average molecular weight is 305 g/mol. The van der Waals surface area contributed by atoms with Gasteiger partial charge in [0, 0.05) is 23.1 Å². The molecular weight excluding hydrogens is 292 g/mol. The summed E-state index contributed by atoms with van der Waals surface area (Å²) >= 11 is 7.78. The van der Waals surface area contributed by atoms with Crippen molar-refractivity contribution in [1.82, 2.24) is 20.2 Å². The molecule has 0 atom stereocenters. The summed E-state index contributed by atoms with van der Waals surface area (Å²) in [5, 5.41) is 9.44. The molecule has 6 heteroatoms. The van der Waals surface area contributed by atoms with Gasteiger partial charge in [-0.25, -0.2) is 9.97 Å². The number of benzene rings is 1. The minimum Gasteiger partial charge on any atom is -0.262 e. The third-order valence-corrected chi connectivity index (χ3v) is 4.18. The molecule has 0 saturated carbocycles. The Hall–Kier alpha value is -1.59. The lowest BCUT2D eigenvalue weighted by molar-refractivity contribution is 0.941. The summed E-state index contributed by atoms with van der Waals surface area (Å²) in [7, 11) is 0. The van der Waals surface area contributed by atoms with Crippen molar-refractivity contribution in [3.8, 4) is 0 Å². The molecule has 20 heavy (non-hydrogen) atoms. The van der Waals surface area contributed by atoms with Crippen LogP contribution in [0.25, 0.3) is 10.9 Å². The summed E-state index contributed by atoms with van der Waals surface area (Å²) in [6, 6.07) is 10.0. The highest BCUT2D eigenvalue weighted by atomic mass is 35.5. The predicted octanol–water partition coefficient (Wildman–Crippen LogP) is 3.86. The number of hydrogen-bond acceptors (Lipinski definition) is 4. The number of nitrogens with zero attached hydrogens (tertiary/aromatic N) is 3. The third kappa shape index (κ3) is 2.78. The van der Waals surface area contributed by atoms with Gasteiger partial charge in [0.2, 0.25) is 5.16 Å². The Kier molecular flexibility index (Phi) is 3.89. The van der Waals surface area contributed by atoms with Crippen molar-refractivity contribution >= 4 is 34.3 Å². The van der Waals surface area contributed by atoms with Crippen molar-refractivity contribution < 1.29 is 0 Å². The second kappa shape index (κ2) is 5.81. The second-order valence-electron chi connectivity index (χ2n) is 4.34. The number of aromatic amines is 1. The maximum Gasteiger partial charge on any atom is 0.208 e. The van der Waals surface area contributed by atoms with Crippen LogP contribution in [-0.4, -0.2) is 20.2 Å². The largest absolute Gasteiger partial charge is 0.262 e. The van der Waals surface area contributed by atoms with Crippen LogP contribution < -0.4 is 0 Å². The number of para-hydroxylation sites is 1. The van der Waals surface area contributed by atoms with Crippen LogP contribution in [0.4, 0.5) is 0 Å². The van der Waals surface area contributed by atoms with Crippen LogP contribution in [0, 0.1) is 0 Å². The van der Waals surface area contributed by atoms with E-state index in [2.05, 4.69) is 26.2 Å². The van der Waals surface area contributed by atoms with Gasteiger partial charge in [0.25, 0.3) is 0 Å². The lowest BCUT2D eigenvalue weighted by Crippen LogP contribution is -1.89. The van der Waals surface area contributed by atoms with Crippen molar-refractivity contribution in [2.45, 2.75) is 24.3 Å². The standard InChI is InChI=1S/C14H13ClN4S/c1-2-12-17-14(19-18-12)20-8-10-7-9-5-3-4-6-11(9)16-13(10)15/h3-7H,2,8H2,1H3,(H,17,18,19). The van der Waals surface area contributed by atoms with Gasteiger partial charge in [-0.2, -0.15) is 0 Å². The van der Waals surface area contributed by atoms with E-state index in [1.54, 1.807) is 11.8 Å². The van der Waals surface area contributed by atoms with Crippen molar-refractivity contribution in [3.63, 3.8) is 0 Å². The first-order valence-corrected chi connectivity index (χ1v) is 7.71. The van der Waals surface area contributed by atoms with E-state index in [4.69, 9.17) is 11.6 Å². The van der Waals surface area contributed by atoms with Crippen molar-refractivity contribution in [1.29, 1.82) is 0 Å². The molecule has 2 heterocycles. The van der Waals surface area contributed by atoms with Gasteiger partial charge in [-0.3, -0.25) is 5.10 Å². The van der Waals surface area contributed by atoms with Gasteiger partial charge in [0.1, 0.15) is 11.0 Å². The van der Waals surface area contributed by atoms with Gasteiger partial charge < -0.3 is 0 Å². The highest BCUT2D eigenvalue weighted by molar-refractivity contribution is 7.98. The zero-order chi connectivity index (χ0) is 13.9. The lowest BCUT2D eigenvalue weighted by Gasteiger charge is -2.04. The summed E-state index contributed by atoms with van der Waals surface area (Å²) in [4.78, 5) is 8.78. The molecule has 2 aromatic heterocycles. The van der Waals surface area contributed by atoms with Gasteiger partial charge >= 0.3 is 0 Å². The number of aryl methyl sites for hydroxylation is 1. The first-order valence-electron chi connectivity index (χ1n) is 6.34. The fourth-order valence-corrected chi connectivity index (χ4v) is 2.96. The molecule has 0 fully saturated rings. The molecule has 1 N–H and O–H groups in total. The maximum atomic E-state index is 6.23. The zero-order valence-corrected chi connectivity index (χ0v) is 12.5. The molecule has 0 saturated heterocycles. The molecule has 0 bridgehead atoms. The van der Waals surface area contributed by atoms with Crippen LogP contribution in [0.15, 0.2) is 35.5 Å². The van der Waals surface area contributed by atoms with Gasteiger partial charge in [-0.15, -0.1) is 5.10 Å². The number of nitrogens with one attached hydrogen (secondary N) is 1. The zero-order valence-electron chi connectivity index (χ0n) is 10.9. The Bertz CT molecular complexity index is 741. The number of H-pyrrole nitrogens is 1. The van der Waals surface area contributed by atoms with Crippen LogP contribution in [0.3, 0.4) is 0 Å². The molecule has 4 nitrogen and oxygen atoms in total. The molecule has 3 aromatic rings. The molecule has 1 aromatic carbocycles. The first kappa shape index (κ1) is 13.4. The fourth-order valence-electron chi connectivity index (χ4n) is 1.88. The van der Waals surface area contributed by atoms with Crippen LogP contribution in [-0.2, 0) is 12.2 Å².